The molecule has 0 fully saturated rings. The summed E-state index contributed by atoms with van der Waals surface area (Å²) in [5.74, 6) is 0. The van der Waals surface area contributed by atoms with E-state index < -0.39 is 0 Å². The van der Waals surface area contributed by atoms with Gasteiger partial charge in [-0.2, -0.15) is 5.10 Å². The number of anilines is 1. The number of carbonyl (C=O) groups excluding carboxylic acids is 1. The van der Waals surface area contributed by atoms with Crippen molar-refractivity contribution < 1.29 is 4.79 Å². The van der Waals surface area contributed by atoms with E-state index in [0.29, 0.717) is 12.2 Å². The zero-order valence-electron chi connectivity index (χ0n) is 13.5. The largest absolute Gasteiger partial charge is 0.334 e. The quantitative estimate of drug-likeness (QED) is 0.773. The Hall–Kier alpha value is -3.22. The Morgan fingerprint density at radius 1 is 1.25 bits per heavy atom. The molecule has 0 radical (unpaired) electrons. The van der Waals surface area contributed by atoms with Crippen LogP contribution < -0.4 is 10.6 Å². The predicted octanol–water partition coefficient (Wildman–Crippen LogP) is 2.51. The second-order valence-electron chi connectivity index (χ2n) is 5.41. The molecule has 0 saturated carbocycles. The van der Waals surface area contributed by atoms with Gasteiger partial charge in [-0.3, -0.25) is 14.6 Å². The van der Waals surface area contributed by atoms with Crippen molar-refractivity contribution in [2.75, 3.05) is 5.32 Å². The Balaban J connectivity index is 1.69. The van der Waals surface area contributed by atoms with Gasteiger partial charge in [-0.15, -0.1) is 0 Å². The lowest BCUT2D eigenvalue weighted by molar-refractivity contribution is 0.251. The van der Waals surface area contributed by atoms with Gasteiger partial charge in [0, 0.05) is 37.7 Å². The lowest BCUT2D eigenvalue weighted by Gasteiger charge is -2.11. The molecule has 3 aromatic rings. The standard InChI is InChI=1S/C17H18N6O/c1-12-5-7-18-10-15(12)22-17(24)20-8-13-4-3-6-19-16(13)14-9-21-23(2)11-14/h3-7,9-11H,8H2,1-2H3,(H2,20,22,24). The van der Waals surface area contributed by atoms with Gasteiger partial charge in [0.2, 0.25) is 0 Å². The zero-order valence-corrected chi connectivity index (χ0v) is 13.5. The molecule has 122 valence electrons. The highest BCUT2D eigenvalue weighted by molar-refractivity contribution is 5.89. The summed E-state index contributed by atoms with van der Waals surface area (Å²) in [6, 6.07) is 5.34. The number of carbonyl (C=O) groups is 1. The highest BCUT2D eigenvalue weighted by Crippen LogP contribution is 2.20. The number of nitrogens with one attached hydrogen (secondary N) is 2. The molecule has 7 nitrogen and oxygen atoms in total. The van der Waals surface area contributed by atoms with Crippen molar-refractivity contribution in [1.82, 2.24) is 25.1 Å². The number of hydrogen-bond donors (Lipinski definition) is 2. The molecule has 0 atom stereocenters. The fourth-order valence-electron chi connectivity index (χ4n) is 2.32. The van der Waals surface area contributed by atoms with Crippen LogP contribution in [-0.4, -0.2) is 25.8 Å². The van der Waals surface area contributed by atoms with E-state index in [1.807, 2.05) is 38.4 Å². The summed E-state index contributed by atoms with van der Waals surface area (Å²) >= 11 is 0. The van der Waals surface area contributed by atoms with Crippen LogP contribution in [0.2, 0.25) is 0 Å². The molecule has 7 heteroatoms. The third kappa shape index (κ3) is 3.57. The van der Waals surface area contributed by atoms with Crippen LogP contribution in [0, 0.1) is 6.92 Å². The van der Waals surface area contributed by atoms with Crippen LogP contribution in [0.15, 0.2) is 49.2 Å². The lowest BCUT2D eigenvalue weighted by atomic mass is 10.1. The van der Waals surface area contributed by atoms with Gasteiger partial charge >= 0.3 is 6.03 Å². The van der Waals surface area contributed by atoms with Crippen molar-refractivity contribution in [2.45, 2.75) is 13.5 Å². The number of aromatic nitrogens is 4. The van der Waals surface area contributed by atoms with Gasteiger partial charge in [0.05, 0.1) is 23.8 Å². The maximum absolute atomic E-state index is 12.1. The topological polar surface area (TPSA) is 84.7 Å². The molecule has 2 N–H and O–H groups in total. The van der Waals surface area contributed by atoms with Gasteiger partial charge < -0.3 is 10.6 Å². The number of aryl methyl sites for hydroxylation is 2. The van der Waals surface area contributed by atoms with Gasteiger partial charge in [0.15, 0.2) is 0 Å². The van der Waals surface area contributed by atoms with Crippen molar-refractivity contribution in [3.8, 4) is 11.3 Å². The van der Waals surface area contributed by atoms with Crippen molar-refractivity contribution in [1.29, 1.82) is 0 Å². The molecule has 0 bridgehead atoms. The van der Waals surface area contributed by atoms with Crippen LogP contribution in [0.4, 0.5) is 10.5 Å². The SMILES string of the molecule is Cc1ccncc1NC(=O)NCc1cccnc1-c1cnn(C)c1. The Kier molecular flexibility index (Phi) is 4.51. The first-order valence-corrected chi connectivity index (χ1v) is 7.52. The van der Waals surface area contributed by atoms with Gasteiger partial charge in [0.1, 0.15) is 0 Å². The number of hydrogen-bond acceptors (Lipinski definition) is 4. The molecular weight excluding hydrogens is 304 g/mol. The molecule has 0 aliphatic heterocycles. The fourth-order valence-corrected chi connectivity index (χ4v) is 2.32. The minimum absolute atomic E-state index is 0.285. The maximum Gasteiger partial charge on any atom is 0.319 e. The normalized spacial score (nSPS) is 10.4. The van der Waals surface area contributed by atoms with Crippen LogP contribution in [-0.2, 0) is 13.6 Å². The van der Waals surface area contributed by atoms with E-state index in [0.717, 1.165) is 22.4 Å². The first kappa shape index (κ1) is 15.7. The summed E-state index contributed by atoms with van der Waals surface area (Å²) in [7, 11) is 1.86. The molecule has 3 rings (SSSR count). The summed E-state index contributed by atoms with van der Waals surface area (Å²) in [5.41, 5.74) is 4.29. The lowest BCUT2D eigenvalue weighted by Crippen LogP contribution is -2.28. The average molecular weight is 322 g/mol. The number of rotatable bonds is 4. The smallest absolute Gasteiger partial charge is 0.319 e. The molecule has 0 aliphatic rings. The van der Waals surface area contributed by atoms with Crippen molar-refractivity contribution in [3.05, 3.63) is 60.3 Å². The van der Waals surface area contributed by atoms with Crippen LogP contribution in [0.1, 0.15) is 11.1 Å². The monoisotopic (exact) mass is 322 g/mol. The third-order valence-corrected chi connectivity index (χ3v) is 3.60. The average Bonchev–Trinajstić information content (AvgIpc) is 3.02. The Labute approximate surface area is 139 Å². The molecule has 0 unspecified atom stereocenters. The van der Waals surface area contributed by atoms with E-state index >= 15 is 0 Å². The fraction of sp³-hybridized carbons (Fsp3) is 0.176. The van der Waals surface area contributed by atoms with Gasteiger partial charge in [-0.1, -0.05) is 6.07 Å². The van der Waals surface area contributed by atoms with Crippen LogP contribution in [0.3, 0.4) is 0 Å². The van der Waals surface area contributed by atoms with E-state index in [2.05, 4.69) is 25.7 Å². The second kappa shape index (κ2) is 6.91. The molecule has 24 heavy (non-hydrogen) atoms. The minimum Gasteiger partial charge on any atom is -0.334 e. The Bertz CT molecular complexity index is 858. The summed E-state index contributed by atoms with van der Waals surface area (Å²) in [6.45, 7) is 2.28. The molecule has 0 spiro atoms. The number of pyridine rings is 2. The summed E-state index contributed by atoms with van der Waals surface area (Å²) in [5, 5.41) is 9.81. The van der Waals surface area contributed by atoms with Crippen LogP contribution in [0.25, 0.3) is 11.3 Å². The molecule has 0 aliphatic carbocycles. The van der Waals surface area contributed by atoms with E-state index in [9.17, 15) is 4.79 Å². The Morgan fingerprint density at radius 3 is 2.88 bits per heavy atom. The molecule has 3 aromatic heterocycles. The van der Waals surface area contributed by atoms with Gasteiger partial charge in [-0.05, 0) is 30.2 Å². The van der Waals surface area contributed by atoms with E-state index in [1.54, 1.807) is 29.5 Å². The number of urea groups is 1. The van der Waals surface area contributed by atoms with Crippen molar-refractivity contribution >= 4 is 11.7 Å². The van der Waals surface area contributed by atoms with Crippen LogP contribution >= 0.6 is 0 Å². The summed E-state index contributed by atoms with van der Waals surface area (Å²) < 4.78 is 1.72. The molecular formula is C17H18N6O. The van der Waals surface area contributed by atoms with Crippen LogP contribution in [0.5, 0.6) is 0 Å². The van der Waals surface area contributed by atoms with Gasteiger partial charge in [0.25, 0.3) is 0 Å². The number of nitrogens with zero attached hydrogens (tertiary/aromatic N) is 4. The Morgan fingerprint density at radius 2 is 2.12 bits per heavy atom. The number of amides is 2. The minimum atomic E-state index is -0.285. The van der Waals surface area contributed by atoms with E-state index in [-0.39, 0.29) is 6.03 Å². The summed E-state index contributed by atoms with van der Waals surface area (Å²) in [6.07, 6.45) is 8.69. The molecule has 2 amide bonds. The molecule has 0 saturated heterocycles. The molecule has 0 aromatic carbocycles. The van der Waals surface area contributed by atoms with Crippen molar-refractivity contribution in [3.63, 3.8) is 0 Å². The first-order valence-electron chi connectivity index (χ1n) is 7.52. The second-order valence-corrected chi connectivity index (χ2v) is 5.41. The van der Waals surface area contributed by atoms with Gasteiger partial charge in [-0.25, -0.2) is 4.79 Å². The highest BCUT2D eigenvalue weighted by Gasteiger charge is 2.10. The maximum atomic E-state index is 12.1. The summed E-state index contributed by atoms with van der Waals surface area (Å²) in [4.78, 5) is 20.5. The van der Waals surface area contributed by atoms with E-state index in [1.165, 1.54) is 0 Å². The zero-order chi connectivity index (χ0) is 16.9. The molecule has 3 heterocycles. The predicted molar refractivity (Wildman–Crippen MR) is 91.3 cm³/mol. The third-order valence-electron chi connectivity index (χ3n) is 3.60. The first-order chi connectivity index (χ1) is 11.6. The highest BCUT2D eigenvalue weighted by atomic mass is 16.2. The van der Waals surface area contributed by atoms with Crippen molar-refractivity contribution in [2.24, 2.45) is 7.05 Å². The van der Waals surface area contributed by atoms with E-state index in [4.69, 9.17) is 0 Å².